The highest BCUT2D eigenvalue weighted by atomic mass is 16.3. The summed E-state index contributed by atoms with van der Waals surface area (Å²) in [5.41, 5.74) is 2.26. The summed E-state index contributed by atoms with van der Waals surface area (Å²) < 4.78 is 10.2. The Morgan fingerprint density at radius 1 is 0.778 bits per heavy atom. The first-order valence-corrected chi connectivity index (χ1v) is 5.03. The van der Waals surface area contributed by atoms with E-state index in [4.69, 9.17) is 8.83 Å². The van der Waals surface area contributed by atoms with Crippen molar-refractivity contribution in [3.05, 3.63) is 25.2 Å². The van der Waals surface area contributed by atoms with E-state index in [1.165, 1.54) is 19.0 Å². The van der Waals surface area contributed by atoms with Crippen LogP contribution in [0.1, 0.15) is 0 Å². The van der Waals surface area contributed by atoms with Gasteiger partial charge in [-0.25, -0.2) is 19.9 Å². The first-order chi connectivity index (χ1) is 8.90. The lowest BCUT2D eigenvalue weighted by molar-refractivity contribution is 0.588. The summed E-state index contributed by atoms with van der Waals surface area (Å²) in [5.74, 6) is 0.394. The van der Waals surface area contributed by atoms with Crippen LogP contribution >= 0.6 is 0 Å². The lowest BCUT2D eigenvalue weighted by Crippen LogP contribution is -1.93. The minimum Gasteiger partial charge on any atom is -0.425 e. The van der Waals surface area contributed by atoms with Gasteiger partial charge in [-0.2, -0.15) is 9.97 Å². The first-order valence-electron chi connectivity index (χ1n) is 5.03. The molecule has 0 aliphatic carbocycles. The third kappa shape index (κ3) is 1.25. The molecule has 0 N–H and O–H groups in total. The molecule has 0 aliphatic rings. The second kappa shape index (κ2) is 3.29. The SMILES string of the molecule is c1nc2cnc(-c3cnc4ncoc4n3)nc2o1. The second-order valence-corrected chi connectivity index (χ2v) is 3.47. The third-order valence-electron chi connectivity index (χ3n) is 2.38. The van der Waals surface area contributed by atoms with Crippen molar-refractivity contribution in [2.45, 2.75) is 0 Å². The van der Waals surface area contributed by atoms with Crippen molar-refractivity contribution >= 4 is 22.6 Å². The number of fused-ring (bicyclic) bond motifs is 2. The van der Waals surface area contributed by atoms with Crippen molar-refractivity contribution in [1.82, 2.24) is 29.9 Å². The lowest BCUT2D eigenvalue weighted by atomic mass is 10.4. The van der Waals surface area contributed by atoms with Gasteiger partial charge < -0.3 is 8.83 Å². The van der Waals surface area contributed by atoms with Gasteiger partial charge in [0, 0.05) is 0 Å². The summed E-state index contributed by atoms with van der Waals surface area (Å²) in [6.07, 6.45) is 5.69. The molecule has 8 heteroatoms. The van der Waals surface area contributed by atoms with Crippen molar-refractivity contribution < 1.29 is 8.83 Å². The highest BCUT2D eigenvalue weighted by molar-refractivity contribution is 5.70. The Kier molecular flexibility index (Phi) is 1.68. The number of rotatable bonds is 1. The van der Waals surface area contributed by atoms with E-state index in [0.29, 0.717) is 34.1 Å². The predicted octanol–water partition coefficient (Wildman–Crippen LogP) is 1.22. The fourth-order valence-electron chi connectivity index (χ4n) is 1.56. The molecule has 86 valence electrons. The highest BCUT2D eigenvalue weighted by Crippen LogP contribution is 2.17. The topological polar surface area (TPSA) is 104 Å². The minimum absolute atomic E-state index is 0.341. The van der Waals surface area contributed by atoms with E-state index in [0.717, 1.165) is 0 Å². The maximum atomic E-state index is 5.11. The minimum atomic E-state index is 0.341. The van der Waals surface area contributed by atoms with E-state index in [-0.39, 0.29) is 0 Å². The van der Waals surface area contributed by atoms with Crippen LogP contribution < -0.4 is 0 Å². The van der Waals surface area contributed by atoms with Crippen molar-refractivity contribution in [2.24, 2.45) is 0 Å². The fraction of sp³-hybridized carbons (Fsp3) is 0. The molecule has 0 radical (unpaired) electrons. The zero-order valence-corrected chi connectivity index (χ0v) is 8.81. The van der Waals surface area contributed by atoms with E-state index in [9.17, 15) is 0 Å². The van der Waals surface area contributed by atoms with E-state index in [1.807, 2.05) is 0 Å². The second-order valence-electron chi connectivity index (χ2n) is 3.47. The van der Waals surface area contributed by atoms with Crippen LogP contribution in [0.3, 0.4) is 0 Å². The van der Waals surface area contributed by atoms with Crippen molar-refractivity contribution in [1.29, 1.82) is 0 Å². The molecule has 0 fully saturated rings. The van der Waals surface area contributed by atoms with Crippen LogP contribution in [0.2, 0.25) is 0 Å². The van der Waals surface area contributed by atoms with Gasteiger partial charge in [0.1, 0.15) is 11.2 Å². The van der Waals surface area contributed by atoms with Gasteiger partial charge in [0.2, 0.25) is 11.4 Å². The summed E-state index contributed by atoms with van der Waals surface area (Å²) in [7, 11) is 0. The van der Waals surface area contributed by atoms with Gasteiger partial charge in [-0.3, -0.25) is 0 Å². The Morgan fingerprint density at radius 2 is 1.67 bits per heavy atom. The largest absolute Gasteiger partial charge is 0.425 e. The average molecular weight is 240 g/mol. The molecule has 0 atom stereocenters. The van der Waals surface area contributed by atoms with E-state index in [1.54, 1.807) is 6.20 Å². The van der Waals surface area contributed by atoms with Crippen LogP contribution in [0.5, 0.6) is 0 Å². The molecule has 0 saturated heterocycles. The fourth-order valence-corrected chi connectivity index (χ4v) is 1.56. The molecule has 0 bridgehead atoms. The number of hydrogen-bond acceptors (Lipinski definition) is 8. The molecule has 8 nitrogen and oxygen atoms in total. The Balaban J connectivity index is 1.93. The molecule has 4 rings (SSSR count). The summed E-state index contributed by atoms with van der Waals surface area (Å²) in [6.45, 7) is 0. The summed E-state index contributed by atoms with van der Waals surface area (Å²) in [5, 5.41) is 0. The monoisotopic (exact) mass is 240 g/mol. The number of aromatic nitrogens is 6. The third-order valence-corrected chi connectivity index (χ3v) is 2.38. The van der Waals surface area contributed by atoms with E-state index in [2.05, 4.69) is 29.9 Å². The number of hydrogen-bond donors (Lipinski definition) is 0. The number of oxazole rings is 2. The van der Waals surface area contributed by atoms with Gasteiger partial charge in [0.05, 0.1) is 12.4 Å². The van der Waals surface area contributed by atoms with Gasteiger partial charge in [-0.05, 0) is 0 Å². The molecule has 0 saturated carbocycles. The highest BCUT2D eigenvalue weighted by Gasteiger charge is 2.10. The van der Waals surface area contributed by atoms with Gasteiger partial charge in [0.25, 0.3) is 5.71 Å². The van der Waals surface area contributed by atoms with Gasteiger partial charge in [-0.1, -0.05) is 0 Å². The summed E-state index contributed by atoms with van der Waals surface area (Å²) in [4.78, 5) is 24.5. The first kappa shape index (κ1) is 9.16. The molecular weight excluding hydrogens is 236 g/mol. The van der Waals surface area contributed by atoms with E-state index >= 15 is 0 Å². The Hall–Kier alpha value is -2.90. The van der Waals surface area contributed by atoms with Gasteiger partial charge in [-0.15, -0.1) is 0 Å². The van der Waals surface area contributed by atoms with Crippen LogP contribution in [0.25, 0.3) is 34.1 Å². The lowest BCUT2D eigenvalue weighted by Gasteiger charge is -1.96. The molecule has 0 aromatic carbocycles. The molecule has 4 heterocycles. The van der Waals surface area contributed by atoms with Crippen molar-refractivity contribution in [3.8, 4) is 11.5 Å². The van der Waals surface area contributed by atoms with Crippen LogP contribution in [-0.2, 0) is 0 Å². The average Bonchev–Trinajstić information content (AvgIpc) is 3.05. The molecule has 4 aromatic rings. The normalized spacial score (nSPS) is 11.3. The van der Waals surface area contributed by atoms with Crippen LogP contribution in [0, 0.1) is 0 Å². The molecule has 0 spiro atoms. The molecular formula is C10H4N6O2. The van der Waals surface area contributed by atoms with Crippen LogP contribution in [-0.4, -0.2) is 29.9 Å². The zero-order valence-electron chi connectivity index (χ0n) is 8.81. The standard InChI is InChI=1S/C10H4N6O2/c1-5(15-10-8(12-1)14-4-18-10)7-11-2-6-9(16-7)17-3-13-6/h1-4H. The zero-order chi connectivity index (χ0) is 11.9. The Labute approximate surface area is 98.8 Å². The molecule has 0 amide bonds. The quantitative estimate of drug-likeness (QED) is 0.489. The van der Waals surface area contributed by atoms with Crippen molar-refractivity contribution in [2.75, 3.05) is 0 Å². The Bertz CT molecular complexity index is 779. The van der Waals surface area contributed by atoms with Crippen molar-refractivity contribution in [3.63, 3.8) is 0 Å². The molecule has 18 heavy (non-hydrogen) atoms. The molecule has 4 aromatic heterocycles. The molecule has 0 unspecified atom stereocenters. The van der Waals surface area contributed by atoms with Gasteiger partial charge in [0.15, 0.2) is 18.6 Å². The Morgan fingerprint density at radius 3 is 2.67 bits per heavy atom. The summed E-state index contributed by atoms with van der Waals surface area (Å²) in [6, 6.07) is 0. The maximum absolute atomic E-state index is 5.11. The smallest absolute Gasteiger partial charge is 0.267 e. The molecule has 0 aliphatic heterocycles. The van der Waals surface area contributed by atoms with E-state index < -0.39 is 0 Å². The van der Waals surface area contributed by atoms with Crippen LogP contribution in [0.15, 0.2) is 34.0 Å². The van der Waals surface area contributed by atoms with Gasteiger partial charge >= 0.3 is 0 Å². The maximum Gasteiger partial charge on any atom is 0.267 e. The predicted molar refractivity (Wildman–Crippen MR) is 58.2 cm³/mol. The number of nitrogens with zero attached hydrogens (tertiary/aromatic N) is 6. The van der Waals surface area contributed by atoms with Crippen LogP contribution in [0.4, 0.5) is 0 Å². The summed E-state index contributed by atoms with van der Waals surface area (Å²) >= 11 is 0.